The molecule has 0 radical (unpaired) electrons. The summed E-state index contributed by atoms with van der Waals surface area (Å²) >= 11 is 0. The minimum absolute atomic E-state index is 0.00873. The maximum Gasteiger partial charge on any atom is 0.253 e. The van der Waals surface area contributed by atoms with E-state index in [1.165, 1.54) is 6.92 Å². The zero-order valence-electron chi connectivity index (χ0n) is 15.0. The van der Waals surface area contributed by atoms with Gasteiger partial charge < -0.3 is 19.3 Å². The van der Waals surface area contributed by atoms with Gasteiger partial charge in [-0.15, -0.1) is 0 Å². The normalized spacial score (nSPS) is 14.8. The summed E-state index contributed by atoms with van der Waals surface area (Å²) in [6.45, 7) is 6.28. The van der Waals surface area contributed by atoms with Crippen molar-refractivity contribution in [3.8, 4) is 5.75 Å². The molecular weight excluding hydrogens is 320 g/mol. The Bertz CT molecular complexity index is 612. The third kappa shape index (κ3) is 5.59. The van der Waals surface area contributed by atoms with E-state index in [1.807, 2.05) is 6.92 Å². The van der Waals surface area contributed by atoms with Crippen molar-refractivity contribution in [2.45, 2.75) is 33.1 Å². The fraction of sp³-hybridized carbons (Fsp3) is 0.526. The van der Waals surface area contributed by atoms with Gasteiger partial charge in [-0.1, -0.05) is 0 Å². The van der Waals surface area contributed by atoms with E-state index < -0.39 is 0 Å². The molecule has 136 valence electrons. The maximum absolute atomic E-state index is 12.7. The van der Waals surface area contributed by atoms with Gasteiger partial charge in [0.25, 0.3) is 5.91 Å². The first-order valence-electron chi connectivity index (χ1n) is 8.80. The quantitative estimate of drug-likeness (QED) is 0.791. The summed E-state index contributed by atoms with van der Waals surface area (Å²) in [6.07, 6.45) is 1.28. The molecule has 1 fully saturated rings. The smallest absolute Gasteiger partial charge is 0.253 e. The summed E-state index contributed by atoms with van der Waals surface area (Å²) in [5.74, 6) is 0.735. The molecule has 25 heavy (non-hydrogen) atoms. The Labute approximate surface area is 148 Å². The number of carbonyl (C=O) groups excluding carboxylic acids is 3. The minimum Gasteiger partial charge on any atom is -0.494 e. The molecule has 1 aromatic carbocycles. The Morgan fingerprint density at radius 2 is 1.60 bits per heavy atom. The van der Waals surface area contributed by atoms with Crippen LogP contribution in [0.4, 0.5) is 0 Å². The molecule has 1 aliphatic rings. The van der Waals surface area contributed by atoms with E-state index in [0.29, 0.717) is 38.3 Å². The first-order chi connectivity index (χ1) is 12.0. The van der Waals surface area contributed by atoms with E-state index in [9.17, 15) is 14.4 Å². The van der Waals surface area contributed by atoms with Gasteiger partial charge in [0.15, 0.2) is 0 Å². The van der Waals surface area contributed by atoms with Gasteiger partial charge in [-0.05, 0) is 44.5 Å². The van der Waals surface area contributed by atoms with E-state index in [2.05, 4.69) is 0 Å². The topological polar surface area (TPSA) is 66.9 Å². The second kappa shape index (κ2) is 9.20. The molecule has 0 aliphatic carbocycles. The van der Waals surface area contributed by atoms with Gasteiger partial charge in [-0.3, -0.25) is 9.59 Å². The molecule has 0 spiro atoms. The van der Waals surface area contributed by atoms with Crippen LogP contribution in [0.5, 0.6) is 5.75 Å². The fourth-order valence-electron chi connectivity index (χ4n) is 2.85. The molecule has 6 nitrogen and oxygen atoms in total. The molecule has 0 aromatic heterocycles. The SMILES string of the molecule is CCOc1ccc(C(=O)N2CCCN(C(=O)CCC(C)=O)CC2)cc1. The third-order valence-corrected chi connectivity index (χ3v) is 4.24. The number of Topliss-reactive ketones (excluding diaryl/α,β-unsaturated/α-hetero) is 1. The lowest BCUT2D eigenvalue weighted by molar-refractivity contribution is -0.132. The molecule has 0 atom stereocenters. The summed E-state index contributed by atoms with van der Waals surface area (Å²) in [6, 6.07) is 7.14. The van der Waals surface area contributed by atoms with Crippen molar-refractivity contribution in [2.24, 2.45) is 0 Å². The highest BCUT2D eigenvalue weighted by molar-refractivity contribution is 5.94. The average molecular weight is 346 g/mol. The lowest BCUT2D eigenvalue weighted by atomic mass is 10.2. The standard InChI is InChI=1S/C19H26N2O4/c1-3-25-17-8-6-16(7-9-17)19(24)21-12-4-11-20(13-14-21)18(23)10-5-15(2)22/h6-9H,3-5,10-14H2,1-2H3. The molecule has 1 saturated heterocycles. The summed E-state index contributed by atoms with van der Waals surface area (Å²) in [7, 11) is 0. The van der Waals surface area contributed by atoms with Crippen LogP contribution in [0, 0.1) is 0 Å². The predicted molar refractivity (Wildman–Crippen MR) is 94.6 cm³/mol. The van der Waals surface area contributed by atoms with E-state index in [1.54, 1.807) is 34.1 Å². The molecule has 2 rings (SSSR count). The van der Waals surface area contributed by atoms with Crippen LogP contribution in [0.1, 0.15) is 43.5 Å². The van der Waals surface area contributed by atoms with Crippen molar-refractivity contribution in [3.63, 3.8) is 0 Å². The number of hydrogen-bond acceptors (Lipinski definition) is 4. The lowest BCUT2D eigenvalue weighted by Crippen LogP contribution is -2.37. The predicted octanol–water partition coefficient (Wildman–Crippen LogP) is 2.13. The van der Waals surface area contributed by atoms with E-state index in [-0.39, 0.29) is 30.4 Å². The largest absolute Gasteiger partial charge is 0.494 e. The van der Waals surface area contributed by atoms with Crippen LogP contribution in [0.15, 0.2) is 24.3 Å². The lowest BCUT2D eigenvalue weighted by Gasteiger charge is -2.22. The van der Waals surface area contributed by atoms with Crippen molar-refractivity contribution in [2.75, 3.05) is 32.8 Å². The van der Waals surface area contributed by atoms with Gasteiger partial charge in [0.05, 0.1) is 6.61 Å². The van der Waals surface area contributed by atoms with Crippen LogP contribution < -0.4 is 4.74 Å². The molecule has 6 heteroatoms. The van der Waals surface area contributed by atoms with Crippen LogP contribution in [-0.2, 0) is 9.59 Å². The van der Waals surface area contributed by atoms with E-state index in [0.717, 1.165) is 12.2 Å². The number of nitrogens with zero attached hydrogens (tertiary/aromatic N) is 2. The summed E-state index contributed by atoms with van der Waals surface area (Å²) in [5, 5.41) is 0. The number of amides is 2. The van der Waals surface area contributed by atoms with Crippen LogP contribution >= 0.6 is 0 Å². The highest BCUT2D eigenvalue weighted by Gasteiger charge is 2.22. The molecule has 1 heterocycles. The van der Waals surface area contributed by atoms with Gasteiger partial charge >= 0.3 is 0 Å². The Morgan fingerprint density at radius 3 is 2.24 bits per heavy atom. The first-order valence-corrected chi connectivity index (χ1v) is 8.80. The fourth-order valence-corrected chi connectivity index (χ4v) is 2.85. The van der Waals surface area contributed by atoms with Crippen molar-refractivity contribution in [1.82, 2.24) is 9.80 Å². The zero-order valence-corrected chi connectivity index (χ0v) is 15.0. The zero-order chi connectivity index (χ0) is 18.2. The van der Waals surface area contributed by atoms with Crippen molar-refractivity contribution >= 4 is 17.6 Å². The number of ether oxygens (including phenoxy) is 1. The number of rotatable bonds is 6. The van der Waals surface area contributed by atoms with Crippen LogP contribution in [-0.4, -0.2) is 60.2 Å². The monoisotopic (exact) mass is 346 g/mol. The second-order valence-corrected chi connectivity index (χ2v) is 6.19. The molecule has 2 amide bonds. The van der Waals surface area contributed by atoms with Crippen LogP contribution in [0.2, 0.25) is 0 Å². The molecule has 1 aliphatic heterocycles. The Hall–Kier alpha value is -2.37. The molecule has 0 saturated carbocycles. The van der Waals surface area contributed by atoms with Gasteiger partial charge in [-0.25, -0.2) is 0 Å². The van der Waals surface area contributed by atoms with Gasteiger partial charge in [0.2, 0.25) is 5.91 Å². The van der Waals surface area contributed by atoms with Crippen molar-refractivity contribution < 1.29 is 19.1 Å². The molecule has 0 N–H and O–H groups in total. The maximum atomic E-state index is 12.7. The average Bonchev–Trinajstić information content (AvgIpc) is 2.86. The highest BCUT2D eigenvalue weighted by atomic mass is 16.5. The summed E-state index contributed by atoms with van der Waals surface area (Å²) in [5.41, 5.74) is 0.625. The molecule has 1 aromatic rings. The van der Waals surface area contributed by atoms with Crippen LogP contribution in [0.3, 0.4) is 0 Å². The van der Waals surface area contributed by atoms with E-state index in [4.69, 9.17) is 4.74 Å². The van der Waals surface area contributed by atoms with Crippen LogP contribution in [0.25, 0.3) is 0 Å². The number of benzene rings is 1. The number of ketones is 1. The number of carbonyl (C=O) groups is 3. The molecular formula is C19H26N2O4. The van der Waals surface area contributed by atoms with Gasteiger partial charge in [0.1, 0.15) is 11.5 Å². The summed E-state index contributed by atoms with van der Waals surface area (Å²) in [4.78, 5) is 39.4. The van der Waals surface area contributed by atoms with Gasteiger partial charge in [0, 0.05) is 44.6 Å². The first kappa shape index (κ1) is 19.0. The summed E-state index contributed by atoms with van der Waals surface area (Å²) < 4.78 is 5.39. The molecule has 0 unspecified atom stereocenters. The minimum atomic E-state index is -0.0268. The van der Waals surface area contributed by atoms with Gasteiger partial charge in [-0.2, -0.15) is 0 Å². The highest BCUT2D eigenvalue weighted by Crippen LogP contribution is 2.15. The Morgan fingerprint density at radius 1 is 0.960 bits per heavy atom. The Balaban J connectivity index is 1.92. The van der Waals surface area contributed by atoms with Crippen molar-refractivity contribution in [1.29, 1.82) is 0 Å². The van der Waals surface area contributed by atoms with Crippen molar-refractivity contribution in [3.05, 3.63) is 29.8 Å². The molecule has 0 bridgehead atoms. The van der Waals surface area contributed by atoms with E-state index >= 15 is 0 Å². The third-order valence-electron chi connectivity index (χ3n) is 4.24. The second-order valence-electron chi connectivity index (χ2n) is 6.19. The number of hydrogen-bond donors (Lipinski definition) is 0. The Kier molecular flexibility index (Phi) is 6.98.